The molecule has 8 heteroatoms. The van der Waals surface area contributed by atoms with E-state index in [1.807, 2.05) is 13.0 Å². The van der Waals surface area contributed by atoms with Crippen molar-refractivity contribution in [2.45, 2.75) is 32.0 Å². The number of halogens is 3. The predicted octanol–water partition coefficient (Wildman–Crippen LogP) is 5.17. The number of piperidine rings is 1. The van der Waals surface area contributed by atoms with Gasteiger partial charge in [0.15, 0.2) is 5.58 Å². The van der Waals surface area contributed by atoms with Crippen molar-refractivity contribution in [3.05, 3.63) is 70.2 Å². The fraction of sp³-hybridized carbons (Fsp3) is 0.318. The van der Waals surface area contributed by atoms with Crippen molar-refractivity contribution in [3.63, 3.8) is 0 Å². The predicted molar refractivity (Wildman–Crippen MR) is 111 cm³/mol. The van der Waals surface area contributed by atoms with Gasteiger partial charge in [0.1, 0.15) is 0 Å². The zero-order valence-corrected chi connectivity index (χ0v) is 16.4. The van der Waals surface area contributed by atoms with Gasteiger partial charge in [0, 0.05) is 36.6 Å². The third-order valence-corrected chi connectivity index (χ3v) is 5.27. The third kappa shape index (κ3) is 4.53. The summed E-state index contributed by atoms with van der Waals surface area (Å²) in [7, 11) is 0. The fourth-order valence-electron chi connectivity index (χ4n) is 3.77. The van der Waals surface area contributed by atoms with Crippen LogP contribution in [0.15, 0.2) is 63.3 Å². The molecule has 5 nitrogen and oxygen atoms in total. The molecule has 0 amide bonds. The number of fused-ring (bicyclic) bond motifs is 1. The highest BCUT2D eigenvalue weighted by Gasteiger charge is 2.30. The number of oxazole rings is 1. The van der Waals surface area contributed by atoms with Gasteiger partial charge >= 0.3 is 11.9 Å². The first-order valence-corrected chi connectivity index (χ1v) is 9.79. The lowest BCUT2D eigenvalue weighted by Crippen LogP contribution is -2.31. The summed E-state index contributed by atoms with van der Waals surface area (Å²) >= 11 is 0. The summed E-state index contributed by atoms with van der Waals surface area (Å²) < 4.78 is 43.2. The second kappa shape index (κ2) is 7.93. The molecule has 30 heavy (non-hydrogen) atoms. The normalized spacial score (nSPS) is 16.0. The van der Waals surface area contributed by atoms with Gasteiger partial charge in [0.25, 0.3) is 0 Å². The van der Waals surface area contributed by atoms with Crippen LogP contribution in [0.5, 0.6) is 0 Å². The lowest BCUT2D eigenvalue weighted by atomic mass is 10.0. The second-order valence-corrected chi connectivity index (χ2v) is 7.52. The molecule has 2 aromatic carbocycles. The molecular formula is C22H22F3N3O2. The fourth-order valence-corrected chi connectivity index (χ4v) is 3.77. The molecule has 158 valence electrons. The Bertz CT molecular complexity index is 1100. The number of nitrogens with one attached hydrogen (secondary N) is 2. The number of anilines is 2. The molecule has 2 N–H and O–H groups in total. The maximum atomic E-state index is 12.7. The van der Waals surface area contributed by atoms with E-state index < -0.39 is 17.5 Å². The number of hydrogen-bond acceptors (Lipinski definition) is 4. The Morgan fingerprint density at radius 3 is 2.50 bits per heavy atom. The molecule has 3 aromatic rings. The minimum atomic E-state index is -4.31. The Balaban J connectivity index is 1.35. The highest BCUT2D eigenvalue weighted by Crippen LogP contribution is 2.31. The average Bonchev–Trinajstić information content (AvgIpc) is 3.07. The van der Waals surface area contributed by atoms with E-state index in [0.717, 1.165) is 49.4 Å². The number of aromatic nitrogens is 1. The molecular weight excluding hydrogens is 395 g/mol. The molecule has 1 aromatic heterocycles. The zero-order chi connectivity index (χ0) is 21.3. The molecule has 1 aliphatic rings. The van der Waals surface area contributed by atoms with Crippen LogP contribution >= 0.6 is 0 Å². The van der Waals surface area contributed by atoms with Crippen LogP contribution in [0.3, 0.4) is 0 Å². The van der Waals surface area contributed by atoms with Gasteiger partial charge in [-0.05, 0) is 56.2 Å². The first kappa shape index (κ1) is 20.1. The molecule has 0 aliphatic carbocycles. The lowest BCUT2D eigenvalue weighted by molar-refractivity contribution is -0.137. The summed E-state index contributed by atoms with van der Waals surface area (Å²) in [6, 6.07) is 10.9. The maximum absolute atomic E-state index is 12.7. The van der Waals surface area contributed by atoms with Gasteiger partial charge in [-0.25, -0.2) is 4.79 Å². The minimum Gasteiger partial charge on any atom is -0.408 e. The maximum Gasteiger partial charge on any atom is 0.417 e. The summed E-state index contributed by atoms with van der Waals surface area (Å²) in [5, 5.41) is 3.38. The van der Waals surface area contributed by atoms with Gasteiger partial charge in [0.2, 0.25) is 0 Å². The van der Waals surface area contributed by atoms with Crippen molar-refractivity contribution >= 4 is 22.5 Å². The van der Waals surface area contributed by atoms with Crippen molar-refractivity contribution in [1.82, 2.24) is 4.98 Å². The van der Waals surface area contributed by atoms with Crippen LogP contribution in [0.4, 0.5) is 24.5 Å². The minimum absolute atomic E-state index is 0.0840. The van der Waals surface area contributed by atoms with Gasteiger partial charge < -0.3 is 14.6 Å². The molecule has 1 saturated heterocycles. The molecule has 0 bridgehead atoms. The molecule has 1 unspecified atom stereocenters. The Labute approximate surface area is 171 Å². The highest BCUT2D eigenvalue weighted by molar-refractivity contribution is 5.76. The number of benzene rings is 2. The largest absolute Gasteiger partial charge is 0.417 e. The van der Waals surface area contributed by atoms with E-state index in [2.05, 4.69) is 21.3 Å². The molecule has 1 atom stereocenters. The van der Waals surface area contributed by atoms with Crippen LogP contribution in [0.1, 0.15) is 25.3 Å². The van der Waals surface area contributed by atoms with Gasteiger partial charge in [0.05, 0.1) is 11.1 Å². The number of aromatic amines is 1. The number of nitrogens with zero attached hydrogens (tertiary/aromatic N) is 1. The molecule has 4 rings (SSSR count). The monoisotopic (exact) mass is 417 g/mol. The summed E-state index contributed by atoms with van der Waals surface area (Å²) in [6.07, 6.45) is -0.407. The molecule has 0 saturated carbocycles. The van der Waals surface area contributed by atoms with Crippen molar-refractivity contribution in [2.24, 2.45) is 0 Å². The number of alkyl halides is 3. The van der Waals surface area contributed by atoms with Gasteiger partial charge in [-0.15, -0.1) is 0 Å². The summed E-state index contributed by atoms with van der Waals surface area (Å²) in [5.41, 5.74) is 3.53. The summed E-state index contributed by atoms with van der Waals surface area (Å²) in [4.78, 5) is 16.0. The van der Waals surface area contributed by atoms with E-state index in [9.17, 15) is 18.0 Å². The van der Waals surface area contributed by atoms with Crippen molar-refractivity contribution in [1.29, 1.82) is 0 Å². The van der Waals surface area contributed by atoms with Crippen molar-refractivity contribution in [2.75, 3.05) is 23.3 Å². The molecule has 1 aliphatic heterocycles. The third-order valence-electron chi connectivity index (χ3n) is 5.27. The highest BCUT2D eigenvalue weighted by atomic mass is 19.4. The summed E-state index contributed by atoms with van der Waals surface area (Å²) in [5.74, 6) is -0.475. The Hall–Kier alpha value is -3.16. The van der Waals surface area contributed by atoms with Crippen LogP contribution in [0.2, 0.25) is 0 Å². The van der Waals surface area contributed by atoms with Gasteiger partial charge in [-0.1, -0.05) is 11.6 Å². The van der Waals surface area contributed by atoms with E-state index in [-0.39, 0.29) is 6.04 Å². The van der Waals surface area contributed by atoms with Crippen LogP contribution in [-0.4, -0.2) is 24.1 Å². The average molecular weight is 417 g/mol. The molecule has 2 heterocycles. The molecule has 1 fully saturated rings. The van der Waals surface area contributed by atoms with Crippen LogP contribution < -0.4 is 16.0 Å². The topological polar surface area (TPSA) is 61.3 Å². The van der Waals surface area contributed by atoms with Crippen molar-refractivity contribution in [3.8, 4) is 0 Å². The smallest absolute Gasteiger partial charge is 0.408 e. The lowest BCUT2D eigenvalue weighted by Gasteiger charge is -2.31. The van der Waals surface area contributed by atoms with Crippen molar-refractivity contribution < 1.29 is 17.6 Å². The van der Waals surface area contributed by atoms with Crippen LogP contribution in [0, 0.1) is 0 Å². The Kier molecular flexibility index (Phi) is 5.32. The number of hydrogen-bond donors (Lipinski definition) is 2. The first-order valence-electron chi connectivity index (χ1n) is 9.79. The SMILES string of the molecule is CC(C=C1CCN(c2ccc(C(F)(F)F)cc2)CC1)Nc1ccc2[nH]c(=O)oc2c1. The quantitative estimate of drug-likeness (QED) is 0.575. The zero-order valence-electron chi connectivity index (χ0n) is 16.4. The van der Waals surface area contributed by atoms with Gasteiger partial charge in [-0.3, -0.25) is 4.98 Å². The molecule has 0 radical (unpaired) electrons. The van der Waals surface area contributed by atoms with E-state index in [1.165, 1.54) is 17.7 Å². The van der Waals surface area contributed by atoms with Crippen LogP contribution in [-0.2, 0) is 6.18 Å². The summed E-state index contributed by atoms with van der Waals surface area (Å²) in [6.45, 7) is 3.58. The van der Waals surface area contributed by atoms with E-state index in [1.54, 1.807) is 12.1 Å². The standard InChI is InChI=1S/C22H22F3N3O2/c1-14(26-17-4-7-19-20(13-17)30-21(29)27-19)12-15-8-10-28(11-9-15)18-5-2-16(3-6-18)22(23,24)25/h2-7,12-14,26H,8-11H2,1H3,(H,27,29). The molecule has 0 spiro atoms. The van der Waals surface area contributed by atoms with E-state index in [0.29, 0.717) is 11.1 Å². The number of rotatable bonds is 4. The second-order valence-electron chi connectivity index (χ2n) is 7.52. The number of H-pyrrole nitrogens is 1. The van der Waals surface area contributed by atoms with E-state index in [4.69, 9.17) is 4.42 Å². The Morgan fingerprint density at radius 2 is 1.83 bits per heavy atom. The first-order chi connectivity index (χ1) is 14.3. The Morgan fingerprint density at radius 1 is 1.13 bits per heavy atom. The van der Waals surface area contributed by atoms with E-state index >= 15 is 0 Å². The van der Waals surface area contributed by atoms with Crippen LogP contribution in [0.25, 0.3) is 11.1 Å². The van der Waals surface area contributed by atoms with Gasteiger partial charge in [-0.2, -0.15) is 13.2 Å².